The number of likely N-dealkylation sites (N-methyl/N-ethyl adjacent to an activating group) is 1. The van der Waals surface area contributed by atoms with Gasteiger partial charge in [-0.1, -0.05) is 30.7 Å². The third kappa shape index (κ3) is 11.4. The minimum atomic E-state index is -4.02. The molecule has 8 nitrogen and oxygen atoms in total. The number of nitrogens with zero attached hydrogens (tertiary/aromatic N) is 1. The van der Waals surface area contributed by atoms with Gasteiger partial charge in [-0.2, -0.15) is 8.42 Å². The van der Waals surface area contributed by atoms with Gasteiger partial charge in [-0.15, -0.1) is 0 Å². The Morgan fingerprint density at radius 1 is 1.08 bits per heavy atom. The van der Waals surface area contributed by atoms with Crippen molar-refractivity contribution >= 4 is 22.1 Å². The van der Waals surface area contributed by atoms with Crippen molar-refractivity contribution in [2.45, 2.75) is 50.5 Å². The summed E-state index contributed by atoms with van der Waals surface area (Å²) in [4.78, 5) is 14.1. The molecule has 1 fully saturated rings. The molecule has 1 amide bonds. The lowest BCUT2D eigenvalue weighted by molar-refractivity contribution is -0.117. The van der Waals surface area contributed by atoms with Crippen LogP contribution in [0, 0.1) is 12.8 Å². The Bertz CT molecular complexity index is 1120. The van der Waals surface area contributed by atoms with Crippen LogP contribution in [0.2, 0.25) is 0 Å². The van der Waals surface area contributed by atoms with E-state index in [2.05, 4.69) is 17.1 Å². The van der Waals surface area contributed by atoms with E-state index in [1.54, 1.807) is 25.3 Å². The van der Waals surface area contributed by atoms with E-state index in [1.807, 2.05) is 45.3 Å². The van der Waals surface area contributed by atoms with E-state index in [-0.39, 0.29) is 10.8 Å². The van der Waals surface area contributed by atoms with Gasteiger partial charge in [0.1, 0.15) is 6.61 Å². The van der Waals surface area contributed by atoms with Crippen LogP contribution < -0.4 is 14.8 Å². The molecule has 204 valence electrons. The summed E-state index contributed by atoms with van der Waals surface area (Å²) in [5.74, 6) is 2.14. The van der Waals surface area contributed by atoms with Crippen LogP contribution in [0.3, 0.4) is 0 Å². The first kappa shape index (κ1) is 30.3. The molecule has 2 N–H and O–H groups in total. The molecule has 0 aliphatic heterocycles. The van der Waals surface area contributed by atoms with Gasteiger partial charge >= 0.3 is 0 Å². The van der Waals surface area contributed by atoms with Gasteiger partial charge < -0.3 is 19.7 Å². The number of carbonyl (C=O) groups excluding carboxylic acids is 1. The zero-order chi connectivity index (χ0) is 27.4. The summed E-state index contributed by atoms with van der Waals surface area (Å²) in [5, 5.41) is 3.10. The second-order valence-electron chi connectivity index (χ2n) is 9.65. The molecule has 1 aliphatic rings. The fraction of sp³-hybridized carbons (Fsp3) is 0.464. The van der Waals surface area contributed by atoms with Crippen molar-refractivity contribution in [3.63, 3.8) is 0 Å². The Morgan fingerprint density at radius 2 is 1.73 bits per heavy atom. The average molecular weight is 533 g/mol. The summed E-state index contributed by atoms with van der Waals surface area (Å²) in [5.41, 5.74) is 1.87. The molecule has 0 saturated heterocycles. The van der Waals surface area contributed by atoms with Crippen LogP contribution >= 0.6 is 0 Å². The minimum Gasteiger partial charge on any atom is -0.493 e. The third-order valence-corrected chi connectivity index (χ3v) is 6.96. The van der Waals surface area contributed by atoms with Gasteiger partial charge in [0.2, 0.25) is 5.91 Å². The molecule has 0 atom stereocenters. The topological polar surface area (TPSA) is 105 Å². The summed E-state index contributed by atoms with van der Waals surface area (Å²) in [6.45, 7) is 5.55. The maximum absolute atomic E-state index is 12.1. The molecular formula is C28H40N2O6S. The highest BCUT2D eigenvalue weighted by Gasteiger charge is 2.18. The van der Waals surface area contributed by atoms with Crippen LogP contribution in [-0.2, 0) is 14.9 Å². The van der Waals surface area contributed by atoms with Gasteiger partial charge in [-0.3, -0.25) is 9.35 Å². The molecular weight excluding hydrogens is 492 g/mol. The van der Waals surface area contributed by atoms with Crippen molar-refractivity contribution in [3.8, 4) is 11.5 Å². The van der Waals surface area contributed by atoms with E-state index in [9.17, 15) is 13.2 Å². The number of benzene rings is 2. The van der Waals surface area contributed by atoms with Crippen molar-refractivity contribution in [2.75, 3.05) is 34.4 Å². The molecule has 3 rings (SSSR count). The number of hydrogen-bond acceptors (Lipinski definition) is 6. The van der Waals surface area contributed by atoms with Crippen molar-refractivity contribution in [3.05, 3.63) is 59.7 Å². The number of hydrogen-bond donors (Lipinski definition) is 2. The van der Waals surface area contributed by atoms with Gasteiger partial charge in [0.25, 0.3) is 10.1 Å². The molecule has 0 spiro atoms. The molecule has 37 heavy (non-hydrogen) atoms. The monoisotopic (exact) mass is 532 g/mol. The molecule has 2 aromatic carbocycles. The first-order valence-electron chi connectivity index (χ1n) is 12.5. The molecule has 0 heterocycles. The largest absolute Gasteiger partial charge is 0.493 e. The van der Waals surface area contributed by atoms with Crippen LogP contribution in [0.1, 0.15) is 43.7 Å². The maximum Gasteiger partial charge on any atom is 0.294 e. The summed E-state index contributed by atoms with van der Waals surface area (Å²) >= 11 is 0. The number of ether oxygens (including phenoxy) is 2. The molecule has 1 aliphatic carbocycles. The fourth-order valence-corrected chi connectivity index (χ4v) is 4.26. The number of aryl methyl sites for hydroxylation is 1. The normalized spacial score (nSPS) is 17.7. The van der Waals surface area contributed by atoms with Gasteiger partial charge in [0, 0.05) is 18.7 Å². The summed E-state index contributed by atoms with van der Waals surface area (Å²) in [6, 6.07) is 12.0. The molecule has 0 radical (unpaired) electrons. The fourth-order valence-electron chi connectivity index (χ4n) is 3.78. The van der Waals surface area contributed by atoms with Gasteiger partial charge in [-0.25, -0.2) is 0 Å². The smallest absolute Gasteiger partial charge is 0.294 e. The van der Waals surface area contributed by atoms with Crippen molar-refractivity contribution in [2.24, 2.45) is 5.92 Å². The number of nitrogens with one attached hydrogen (secondary N) is 1. The lowest BCUT2D eigenvalue weighted by Crippen LogP contribution is -2.36. The SMILES string of the molecule is COc1cc(/C=C/C(=O)N[C@H]2CC[C@H](C)CC2)ccc1OCCN(C)C.Cc1ccc(S(=O)(=O)O)cc1. The summed E-state index contributed by atoms with van der Waals surface area (Å²) in [7, 11) is 1.62. The van der Waals surface area contributed by atoms with Gasteiger partial charge in [0.05, 0.1) is 12.0 Å². The lowest BCUT2D eigenvalue weighted by atomic mass is 9.87. The first-order valence-corrected chi connectivity index (χ1v) is 13.9. The number of carbonyl (C=O) groups is 1. The van der Waals surface area contributed by atoms with Crippen LogP contribution in [0.25, 0.3) is 6.08 Å². The van der Waals surface area contributed by atoms with Crippen LogP contribution in [0.15, 0.2) is 53.4 Å². The molecule has 1 saturated carbocycles. The molecule has 2 aromatic rings. The Morgan fingerprint density at radius 3 is 2.30 bits per heavy atom. The highest BCUT2D eigenvalue weighted by molar-refractivity contribution is 7.85. The number of amides is 1. The van der Waals surface area contributed by atoms with Crippen LogP contribution in [0.5, 0.6) is 11.5 Å². The Balaban J connectivity index is 0.000000364. The third-order valence-electron chi connectivity index (χ3n) is 6.09. The van der Waals surface area contributed by atoms with E-state index < -0.39 is 10.1 Å². The Kier molecular flexibility index (Phi) is 12.1. The summed E-state index contributed by atoms with van der Waals surface area (Å²) in [6.07, 6.45) is 7.95. The molecule has 0 aromatic heterocycles. The predicted octanol–water partition coefficient (Wildman–Crippen LogP) is 4.59. The van der Waals surface area contributed by atoms with Crippen molar-refractivity contribution in [1.82, 2.24) is 10.2 Å². The Hall–Kier alpha value is -2.88. The van der Waals surface area contributed by atoms with Gasteiger partial charge in [-0.05, 0) is 88.5 Å². The maximum atomic E-state index is 12.1. The standard InChI is InChI=1S/C21H32N2O3.C7H8O3S/c1-16-5-9-18(10-6-16)22-21(24)12-8-17-7-11-19(20(15-17)25-4)26-14-13-23(2)3;1-6-2-4-7(5-3-6)11(8,9)10/h7-8,11-12,15-16,18H,5-6,9-10,13-14H2,1-4H3,(H,22,24);2-5H,1H3,(H,8,9,10)/b12-8+;/t16-,18-;. The van der Waals surface area contributed by atoms with E-state index in [4.69, 9.17) is 14.0 Å². The average Bonchev–Trinajstić information content (AvgIpc) is 2.84. The molecule has 9 heteroatoms. The zero-order valence-corrected chi connectivity index (χ0v) is 23.3. The first-order chi connectivity index (χ1) is 17.5. The molecule has 0 unspecified atom stereocenters. The van der Waals surface area contributed by atoms with E-state index in [0.717, 1.165) is 36.4 Å². The Labute approximate surface area is 221 Å². The zero-order valence-electron chi connectivity index (χ0n) is 22.4. The van der Waals surface area contributed by atoms with Crippen molar-refractivity contribution < 1.29 is 27.2 Å². The highest BCUT2D eigenvalue weighted by atomic mass is 32.2. The quantitative estimate of drug-likeness (QED) is 0.360. The van der Waals surface area contributed by atoms with E-state index in [1.165, 1.54) is 25.0 Å². The highest BCUT2D eigenvalue weighted by Crippen LogP contribution is 2.28. The van der Waals surface area contributed by atoms with Crippen molar-refractivity contribution in [1.29, 1.82) is 0 Å². The molecule has 0 bridgehead atoms. The number of methoxy groups -OCH3 is 1. The summed E-state index contributed by atoms with van der Waals surface area (Å²) < 4.78 is 40.7. The van der Waals surface area contributed by atoms with E-state index >= 15 is 0 Å². The minimum absolute atomic E-state index is 0.0326. The lowest BCUT2D eigenvalue weighted by Gasteiger charge is -2.26. The van der Waals surface area contributed by atoms with Gasteiger partial charge in [0.15, 0.2) is 11.5 Å². The second kappa shape index (κ2) is 14.8. The second-order valence-corrected chi connectivity index (χ2v) is 11.1. The van der Waals surface area contributed by atoms with E-state index in [0.29, 0.717) is 24.1 Å². The predicted molar refractivity (Wildman–Crippen MR) is 147 cm³/mol. The number of rotatable bonds is 9. The van der Waals surface area contributed by atoms with Crippen LogP contribution in [-0.4, -0.2) is 64.2 Å². The van der Waals surface area contributed by atoms with Crippen LogP contribution in [0.4, 0.5) is 0 Å².